The van der Waals surface area contributed by atoms with Gasteiger partial charge in [0.1, 0.15) is 5.75 Å². The van der Waals surface area contributed by atoms with Crippen molar-refractivity contribution < 1.29 is 17.9 Å². The van der Waals surface area contributed by atoms with Gasteiger partial charge in [-0.25, -0.2) is 8.42 Å². The fraction of sp³-hybridized carbons (Fsp3) is 0.296. The zero-order chi connectivity index (χ0) is 25.3. The molecule has 3 rings (SSSR count). The summed E-state index contributed by atoms with van der Waals surface area (Å²) in [4.78, 5) is 13.6. The third-order valence-electron chi connectivity index (χ3n) is 5.68. The average Bonchev–Trinajstić information content (AvgIpc) is 2.75. The molecule has 0 saturated heterocycles. The van der Waals surface area contributed by atoms with E-state index in [1.807, 2.05) is 59.7 Å². The Morgan fingerprint density at radius 2 is 1.62 bits per heavy atom. The second-order valence-corrected chi connectivity index (χ2v) is 12.1. The van der Waals surface area contributed by atoms with Gasteiger partial charge in [-0.2, -0.15) is 4.31 Å². The Labute approximate surface area is 210 Å². The summed E-state index contributed by atoms with van der Waals surface area (Å²) < 4.78 is 35.0. The number of halogens is 1. The molecule has 0 heterocycles. The van der Waals surface area contributed by atoms with E-state index in [1.165, 1.54) is 12.1 Å². The van der Waals surface area contributed by atoms with Gasteiger partial charge in [0, 0.05) is 10.0 Å². The third kappa shape index (κ3) is 5.53. The molecule has 180 valence electrons. The molecule has 3 aromatic rings. The number of sulfonamides is 1. The lowest BCUT2D eigenvalue weighted by Crippen LogP contribution is -2.40. The lowest BCUT2D eigenvalue weighted by molar-refractivity contribution is -0.119. The molecule has 1 amide bonds. The van der Waals surface area contributed by atoms with Crippen LogP contribution in [0, 0.1) is 20.8 Å². The molecule has 0 radical (unpaired) electrons. The van der Waals surface area contributed by atoms with Crippen molar-refractivity contribution in [1.82, 2.24) is 0 Å². The number of rotatable bonds is 6. The van der Waals surface area contributed by atoms with Crippen LogP contribution in [0.5, 0.6) is 5.75 Å². The maximum Gasteiger partial charge on any atom is 0.278 e. The first-order valence-electron chi connectivity index (χ1n) is 11.0. The van der Waals surface area contributed by atoms with Gasteiger partial charge >= 0.3 is 0 Å². The summed E-state index contributed by atoms with van der Waals surface area (Å²) >= 11 is 3.48. The SMILES string of the molecule is Cc1ccc(S(=O)(=O)N(C(=O)COc2ccc(Br)cc2C(C)(C)C)c2cccc(C)c2C)cc1. The van der Waals surface area contributed by atoms with Crippen molar-refractivity contribution in [3.8, 4) is 5.75 Å². The number of anilines is 1. The van der Waals surface area contributed by atoms with Crippen LogP contribution in [0.15, 0.2) is 70.0 Å². The van der Waals surface area contributed by atoms with Gasteiger partial charge in [-0.3, -0.25) is 4.79 Å². The van der Waals surface area contributed by atoms with Crippen molar-refractivity contribution in [2.24, 2.45) is 0 Å². The number of benzene rings is 3. The Kier molecular flexibility index (Phi) is 7.58. The molecule has 7 heteroatoms. The number of aryl methyl sites for hydroxylation is 2. The van der Waals surface area contributed by atoms with E-state index in [2.05, 4.69) is 15.9 Å². The molecule has 0 unspecified atom stereocenters. The van der Waals surface area contributed by atoms with Gasteiger partial charge < -0.3 is 4.74 Å². The summed E-state index contributed by atoms with van der Waals surface area (Å²) in [5, 5.41) is 0. The first-order chi connectivity index (χ1) is 15.8. The highest BCUT2D eigenvalue weighted by Gasteiger charge is 2.33. The molecule has 0 bridgehead atoms. The fourth-order valence-corrected chi connectivity index (χ4v) is 5.41. The number of carbonyl (C=O) groups is 1. The van der Waals surface area contributed by atoms with Gasteiger partial charge in [0.05, 0.1) is 10.6 Å². The molecule has 0 aliphatic rings. The molecule has 34 heavy (non-hydrogen) atoms. The van der Waals surface area contributed by atoms with E-state index in [-0.39, 0.29) is 10.3 Å². The van der Waals surface area contributed by atoms with Crippen molar-refractivity contribution in [3.05, 3.63) is 87.4 Å². The molecule has 0 aliphatic carbocycles. The second-order valence-electron chi connectivity index (χ2n) is 9.37. The number of hydrogen-bond acceptors (Lipinski definition) is 4. The molecule has 0 saturated carbocycles. The van der Waals surface area contributed by atoms with Crippen LogP contribution in [0.3, 0.4) is 0 Å². The predicted molar refractivity (Wildman–Crippen MR) is 140 cm³/mol. The van der Waals surface area contributed by atoms with Crippen molar-refractivity contribution in [1.29, 1.82) is 0 Å². The zero-order valence-corrected chi connectivity index (χ0v) is 22.7. The monoisotopic (exact) mass is 543 g/mol. The normalized spacial score (nSPS) is 11.9. The highest BCUT2D eigenvalue weighted by atomic mass is 79.9. The quantitative estimate of drug-likeness (QED) is 0.357. The van der Waals surface area contributed by atoms with Crippen LogP contribution in [0.1, 0.15) is 43.0 Å². The first-order valence-corrected chi connectivity index (χ1v) is 13.2. The Morgan fingerprint density at radius 1 is 0.971 bits per heavy atom. The van der Waals surface area contributed by atoms with Crippen LogP contribution in [-0.4, -0.2) is 20.9 Å². The minimum atomic E-state index is -4.16. The van der Waals surface area contributed by atoms with E-state index in [9.17, 15) is 13.2 Å². The van der Waals surface area contributed by atoms with Crippen LogP contribution in [0.2, 0.25) is 0 Å². The summed E-state index contributed by atoms with van der Waals surface area (Å²) in [5.41, 5.74) is 3.53. The summed E-state index contributed by atoms with van der Waals surface area (Å²) in [6.45, 7) is 11.3. The maximum absolute atomic E-state index is 13.7. The molecule has 0 aromatic heterocycles. The van der Waals surface area contributed by atoms with E-state index in [1.54, 1.807) is 30.3 Å². The molecule has 0 atom stereocenters. The highest BCUT2D eigenvalue weighted by molar-refractivity contribution is 9.10. The third-order valence-corrected chi connectivity index (χ3v) is 7.92. The minimum absolute atomic E-state index is 0.0476. The smallest absolute Gasteiger partial charge is 0.278 e. The summed E-state index contributed by atoms with van der Waals surface area (Å²) in [7, 11) is -4.16. The molecular formula is C27H30BrNO4S. The lowest BCUT2D eigenvalue weighted by Gasteiger charge is -2.26. The van der Waals surface area contributed by atoms with Crippen LogP contribution < -0.4 is 9.04 Å². The van der Waals surface area contributed by atoms with Gasteiger partial charge in [-0.15, -0.1) is 0 Å². The summed E-state index contributed by atoms with van der Waals surface area (Å²) in [6.07, 6.45) is 0. The lowest BCUT2D eigenvalue weighted by atomic mass is 9.86. The first kappa shape index (κ1) is 26.0. The minimum Gasteiger partial charge on any atom is -0.483 e. The van der Waals surface area contributed by atoms with Crippen LogP contribution in [0.4, 0.5) is 5.69 Å². The van der Waals surface area contributed by atoms with Gasteiger partial charge in [0.25, 0.3) is 15.9 Å². The number of hydrogen-bond donors (Lipinski definition) is 0. The predicted octanol–water partition coefficient (Wildman–Crippen LogP) is 6.47. The van der Waals surface area contributed by atoms with E-state index in [4.69, 9.17) is 4.74 Å². The Bertz CT molecular complexity index is 1310. The van der Waals surface area contributed by atoms with Gasteiger partial charge in [0.15, 0.2) is 6.61 Å². The number of amides is 1. The number of carbonyl (C=O) groups excluding carboxylic acids is 1. The van der Waals surface area contributed by atoms with E-state index in [0.29, 0.717) is 17.0 Å². The fourth-order valence-electron chi connectivity index (χ4n) is 3.58. The number of nitrogens with zero attached hydrogens (tertiary/aromatic N) is 1. The van der Waals surface area contributed by atoms with E-state index in [0.717, 1.165) is 25.5 Å². The molecule has 0 spiro atoms. The molecular weight excluding hydrogens is 514 g/mol. The Balaban J connectivity index is 2.04. The second kappa shape index (κ2) is 9.92. The Hall–Kier alpha value is -2.64. The maximum atomic E-state index is 13.7. The summed E-state index contributed by atoms with van der Waals surface area (Å²) in [5.74, 6) is -0.130. The molecule has 5 nitrogen and oxygen atoms in total. The van der Waals surface area contributed by atoms with Crippen LogP contribution in [0.25, 0.3) is 0 Å². The van der Waals surface area contributed by atoms with Crippen LogP contribution >= 0.6 is 15.9 Å². The standard InChI is InChI=1S/C27H30BrNO4S/c1-18-10-13-22(14-11-18)34(31,32)29(24-9-7-8-19(2)20(24)3)26(30)17-33-25-15-12-21(28)16-23(25)27(4,5)6/h7-16H,17H2,1-6H3. The largest absolute Gasteiger partial charge is 0.483 e. The topological polar surface area (TPSA) is 63.7 Å². The van der Waals surface area contributed by atoms with Gasteiger partial charge in [0.2, 0.25) is 0 Å². The Morgan fingerprint density at radius 3 is 2.24 bits per heavy atom. The number of ether oxygens (including phenoxy) is 1. The molecule has 0 fully saturated rings. The van der Waals surface area contributed by atoms with Crippen molar-refractivity contribution >= 4 is 37.5 Å². The van der Waals surface area contributed by atoms with Gasteiger partial charge in [-0.1, -0.05) is 66.5 Å². The van der Waals surface area contributed by atoms with Crippen molar-refractivity contribution in [3.63, 3.8) is 0 Å². The van der Waals surface area contributed by atoms with Gasteiger partial charge in [-0.05, 0) is 73.7 Å². The van der Waals surface area contributed by atoms with E-state index >= 15 is 0 Å². The average molecular weight is 545 g/mol. The van der Waals surface area contributed by atoms with Crippen molar-refractivity contribution in [2.75, 3.05) is 10.9 Å². The summed E-state index contributed by atoms with van der Waals surface area (Å²) in [6, 6.07) is 17.3. The van der Waals surface area contributed by atoms with E-state index < -0.39 is 22.5 Å². The highest BCUT2D eigenvalue weighted by Crippen LogP contribution is 2.34. The zero-order valence-electron chi connectivity index (χ0n) is 20.3. The molecule has 0 N–H and O–H groups in total. The molecule has 0 aliphatic heterocycles. The van der Waals surface area contributed by atoms with Crippen LogP contribution in [-0.2, 0) is 20.2 Å². The molecule has 3 aromatic carbocycles. The van der Waals surface area contributed by atoms with Crippen molar-refractivity contribution in [2.45, 2.75) is 51.9 Å².